The van der Waals surface area contributed by atoms with Gasteiger partial charge in [0.05, 0.1) is 0 Å². The van der Waals surface area contributed by atoms with Crippen molar-refractivity contribution in [2.45, 2.75) is 36.4 Å². The first-order valence-electron chi connectivity index (χ1n) is 7.80. The lowest BCUT2D eigenvalue weighted by Crippen LogP contribution is -2.38. The molecule has 1 unspecified atom stereocenters. The Morgan fingerprint density at radius 1 is 1.29 bits per heavy atom. The van der Waals surface area contributed by atoms with Gasteiger partial charge < -0.3 is 4.98 Å². The third-order valence-electron chi connectivity index (χ3n) is 4.45. The fourth-order valence-electron chi connectivity index (χ4n) is 3.33. The molecule has 0 spiro atoms. The standard InChI is InChI=1S/C17H17FN2O2S2/c1-10-2-7-17(23-10)24(21,22)20-12-4-6-15-14(9-12)13-5-3-11(18)8-16(13)19-15/h2-3,5,7-8,12,19-20H,4,6,9H2,1H3. The molecule has 0 saturated heterocycles. The lowest BCUT2D eigenvalue weighted by atomic mass is 9.92. The van der Waals surface area contributed by atoms with Crippen LogP contribution in [0.1, 0.15) is 22.6 Å². The van der Waals surface area contributed by atoms with Crippen molar-refractivity contribution in [3.05, 3.63) is 52.3 Å². The van der Waals surface area contributed by atoms with Crippen molar-refractivity contribution in [2.24, 2.45) is 0 Å². The predicted octanol–water partition coefficient (Wildman–Crippen LogP) is 3.51. The molecule has 4 rings (SSSR count). The van der Waals surface area contributed by atoms with Gasteiger partial charge in [0.2, 0.25) is 10.0 Å². The lowest BCUT2D eigenvalue weighted by Gasteiger charge is -2.23. The number of nitrogens with one attached hydrogen (secondary N) is 2. The van der Waals surface area contributed by atoms with E-state index < -0.39 is 10.0 Å². The second kappa shape index (κ2) is 5.68. The molecule has 1 aliphatic rings. The highest BCUT2D eigenvalue weighted by atomic mass is 32.2. The minimum Gasteiger partial charge on any atom is -0.358 e. The van der Waals surface area contributed by atoms with Crippen molar-refractivity contribution in [2.75, 3.05) is 0 Å². The lowest BCUT2D eigenvalue weighted by molar-refractivity contribution is 0.507. The molecular formula is C17H17FN2O2S2. The Labute approximate surface area is 143 Å². The highest BCUT2D eigenvalue weighted by Gasteiger charge is 2.27. The van der Waals surface area contributed by atoms with Gasteiger partial charge in [-0.25, -0.2) is 17.5 Å². The number of halogens is 1. The Hall–Kier alpha value is -1.70. The van der Waals surface area contributed by atoms with E-state index in [4.69, 9.17) is 0 Å². The van der Waals surface area contributed by atoms with Crippen LogP contribution in [0.4, 0.5) is 4.39 Å². The zero-order valence-electron chi connectivity index (χ0n) is 13.1. The van der Waals surface area contributed by atoms with Crippen molar-refractivity contribution >= 4 is 32.3 Å². The summed E-state index contributed by atoms with van der Waals surface area (Å²) in [6, 6.07) is 8.01. The Kier molecular flexibility index (Phi) is 3.74. The minimum atomic E-state index is -3.49. The summed E-state index contributed by atoms with van der Waals surface area (Å²) in [7, 11) is -3.49. The summed E-state index contributed by atoms with van der Waals surface area (Å²) in [5.41, 5.74) is 2.95. The van der Waals surface area contributed by atoms with Crippen LogP contribution in [0.15, 0.2) is 34.5 Å². The summed E-state index contributed by atoms with van der Waals surface area (Å²) in [5.74, 6) is -0.272. The van der Waals surface area contributed by atoms with Gasteiger partial charge in [0.25, 0.3) is 0 Å². The second-order valence-electron chi connectivity index (χ2n) is 6.20. The molecule has 2 heterocycles. The number of sulfonamides is 1. The smallest absolute Gasteiger partial charge is 0.250 e. The molecule has 0 saturated carbocycles. The van der Waals surface area contributed by atoms with Crippen LogP contribution < -0.4 is 4.72 Å². The van der Waals surface area contributed by atoms with Gasteiger partial charge in [0.15, 0.2) is 0 Å². The summed E-state index contributed by atoms with van der Waals surface area (Å²) >= 11 is 1.28. The van der Waals surface area contributed by atoms with Crippen LogP contribution in [0.25, 0.3) is 10.9 Å². The summed E-state index contributed by atoms with van der Waals surface area (Å²) in [6.07, 6.45) is 2.10. The van der Waals surface area contributed by atoms with Crippen LogP contribution in [-0.4, -0.2) is 19.4 Å². The Bertz CT molecular complexity index is 1020. The molecule has 2 N–H and O–H groups in total. The van der Waals surface area contributed by atoms with E-state index in [1.54, 1.807) is 12.1 Å². The fourth-order valence-corrected chi connectivity index (χ4v) is 5.90. The fraction of sp³-hybridized carbons (Fsp3) is 0.294. The summed E-state index contributed by atoms with van der Waals surface area (Å²) < 4.78 is 41.6. The van der Waals surface area contributed by atoms with E-state index in [1.165, 1.54) is 23.5 Å². The van der Waals surface area contributed by atoms with Gasteiger partial charge in [-0.1, -0.05) is 0 Å². The quantitative estimate of drug-likeness (QED) is 0.747. The molecule has 7 heteroatoms. The molecule has 0 fully saturated rings. The maximum absolute atomic E-state index is 13.4. The summed E-state index contributed by atoms with van der Waals surface area (Å²) in [5, 5.41) is 0.974. The molecule has 3 aromatic rings. The number of aromatic nitrogens is 1. The van der Waals surface area contributed by atoms with Crippen molar-refractivity contribution in [3.8, 4) is 0 Å². The van der Waals surface area contributed by atoms with Crippen LogP contribution >= 0.6 is 11.3 Å². The first-order chi connectivity index (χ1) is 11.4. The highest BCUT2D eigenvalue weighted by molar-refractivity contribution is 7.91. The van der Waals surface area contributed by atoms with E-state index in [0.29, 0.717) is 10.6 Å². The Morgan fingerprint density at radius 2 is 2.12 bits per heavy atom. The van der Waals surface area contributed by atoms with Gasteiger partial charge in [0, 0.05) is 27.5 Å². The van der Waals surface area contributed by atoms with Crippen molar-refractivity contribution in [1.29, 1.82) is 0 Å². The van der Waals surface area contributed by atoms with Gasteiger partial charge in [-0.3, -0.25) is 0 Å². The molecule has 1 aromatic carbocycles. The molecule has 126 valence electrons. The largest absolute Gasteiger partial charge is 0.358 e. The summed E-state index contributed by atoms with van der Waals surface area (Å²) in [6.45, 7) is 1.89. The Morgan fingerprint density at radius 3 is 2.88 bits per heavy atom. The van der Waals surface area contributed by atoms with E-state index in [1.807, 2.05) is 13.0 Å². The number of hydrogen-bond donors (Lipinski definition) is 2. The number of H-pyrrole nitrogens is 1. The number of hydrogen-bond acceptors (Lipinski definition) is 3. The predicted molar refractivity (Wildman–Crippen MR) is 93.4 cm³/mol. The van der Waals surface area contributed by atoms with Crippen molar-refractivity contribution in [3.63, 3.8) is 0 Å². The molecule has 2 aromatic heterocycles. The van der Waals surface area contributed by atoms with Gasteiger partial charge >= 0.3 is 0 Å². The second-order valence-corrected chi connectivity index (χ2v) is 9.43. The van der Waals surface area contributed by atoms with Gasteiger partial charge in [-0.15, -0.1) is 11.3 Å². The number of thiophene rings is 1. The number of aromatic amines is 1. The van der Waals surface area contributed by atoms with E-state index in [9.17, 15) is 12.8 Å². The third-order valence-corrected chi connectivity index (χ3v) is 7.47. The molecule has 0 aliphatic heterocycles. The number of rotatable bonds is 3. The molecule has 0 amide bonds. The van der Waals surface area contributed by atoms with Crippen LogP contribution in [0, 0.1) is 12.7 Å². The van der Waals surface area contributed by atoms with Crippen molar-refractivity contribution in [1.82, 2.24) is 9.71 Å². The van der Waals surface area contributed by atoms with Crippen LogP contribution in [0.3, 0.4) is 0 Å². The molecule has 1 atom stereocenters. The maximum atomic E-state index is 13.4. The minimum absolute atomic E-state index is 0.144. The molecule has 1 aliphatic carbocycles. The maximum Gasteiger partial charge on any atom is 0.250 e. The van der Waals surface area contributed by atoms with E-state index in [2.05, 4.69) is 9.71 Å². The molecule has 0 radical (unpaired) electrons. The first kappa shape index (κ1) is 15.8. The SMILES string of the molecule is Cc1ccc(S(=O)(=O)NC2CCc3[nH]c4cc(F)ccc4c3C2)s1. The van der Waals surface area contributed by atoms with Gasteiger partial charge in [-0.2, -0.15) is 0 Å². The average molecular weight is 364 g/mol. The molecule has 24 heavy (non-hydrogen) atoms. The molecule has 4 nitrogen and oxygen atoms in total. The number of aryl methyl sites for hydroxylation is 2. The van der Waals surface area contributed by atoms with Crippen molar-refractivity contribution < 1.29 is 12.8 Å². The topological polar surface area (TPSA) is 62.0 Å². The summed E-state index contributed by atoms with van der Waals surface area (Å²) in [4.78, 5) is 4.23. The van der Waals surface area contributed by atoms with E-state index in [-0.39, 0.29) is 11.9 Å². The number of benzene rings is 1. The monoisotopic (exact) mass is 364 g/mol. The van der Waals surface area contributed by atoms with Crippen LogP contribution in [0.5, 0.6) is 0 Å². The third kappa shape index (κ3) is 2.76. The number of fused-ring (bicyclic) bond motifs is 3. The molecular weight excluding hydrogens is 347 g/mol. The van der Waals surface area contributed by atoms with E-state index in [0.717, 1.165) is 39.9 Å². The van der Waals surface area contributed by atoms with Gasteiger partial charge in [-0.05, 0) is 62.1 Å². The van der Waals surface area contributed by atoms with Crippen LogP contribution in [0.2, 0.25) is 0 Å². The first-order valence-corrected chi connectivity index (χ1v) is 10.1. The Balaban J connectivity index is 1.61. The average Bonchev–Trinajstić information content (AvgIpc) is 3.10. The van der Waals surface area contributed by atoms with Gasteiger partial charge in [0.1, 0.15) is 10.0 Å². The molecule has 0 bridgehead atoms. The van der Waals surface area contributed by atoms with Crippen LogP contribution in [-0.2, 0) is 22.9 Å². The zero-order valence-corrected chi connectivity index (χ0v) is 14.7. The van der Waals surface area contributed by atoms with E-state index >= 15 is 0 Å². The highest BCUT2D eigenvalue weighted by Crippen LogP contribution is 2.30. The normalized spacial score (nSPS) is 18.0. The zero-order chi connectivity index (χ0) is 16.9.